The van der Waals surface area contributed by atoms with Crippen molar-refractivity contribution in [1.82, 2.24) is 9.62 Å². The molecule has 0 aromatic rings. The Labute approximate surface area is 92.1 Å². The molecule has 5 nitrogen and oxygen atoms in total. The van der Waals surface area contributed by atoms with Gasteiger partial charge in [0.15, 0.2) is 5.25 Å². The van der Waals surface area contributed by atoms with Crippen LogP contribution in [0, 0.1) is 11.3 Å². The fourth-order valence-electron chi connectivity index (χ4n) is 1.08. The normalized spacial score (nSPS) is 13.8. The molecule has 0 bridgehead atoms. The number of sulfonamides is 1. The minimum Gasteiger partial charge on any atom is -0.303 e. The van der Waals surface area contributed by atoms with E-state index in [1.165, 1.54) is 6.92 Å². The predicted octanol–water partition coefficient (Wildman–Crippen LogP) is 0.160. The summed E-state index contributed by atoms with van der Waals surface area (Å²) < 4.78 is 25.2. The largest absolute Gasteiger partial charge is 0.303 e. The molecule has 0 rings (SSSR count). The number of nitriles is 1. The van der Waals surface area contributed by atoms with Crippen molar-refractivity contribution in [2.45, 2.75) is 26.0 Å². The van der Waals surface area contributed by atoms with Crippen molar-refractivity contribution in [2.75, 3.05) is 26.2 Å². The third kappa shape index (κ3) is 5.11. The van der Waals surface area contributed by atoms with Crippen LogP contribution in [0.1, 0.15) is 20.8 Å². The van der Waals surface area contributed by atoms with Crippen molar-refractivity contribution in [2.24, 2.45) is 0 Å². The van der Waals surface area contributed by atoms with E-state index in [4.69, 9.17) is 5.26 Å². The van der Waals surface area contributed by atoms with Gasteiger partial charge in [-0.2, -0.15) is 5.26 Å². The maximum absolute atomic E-state index is 11.4. The molecule has 0 saturated heterocycles. The Balaban J connectivity index is 4.02. The molecule has 0 heterocycles. The van der Waals surface area contributed by atoms with Gasteiger partial charge >= 0.3 is 0 Å². The molecule has 0 spiro atoms. The summed E-state index contributed by atoms with van der Waals surface area (Å²) in [6, 6.07) is 1.71. The second-order valence-electron chi connectivity index (χ2n) is 3.24. The molecule has 0 fully saturated rings. The third-order valence-corrected chi connectivity index (χ3v) is 3.92. The van der Waals surface area contributed by atoms with Gasteiger partial charge in [0.05, 0.1) is 6.07 Å². The van der Waals surface area contributed by atoms with Crippen molar-refractivity contribution in [3.63, 3.8) is 0 Å². The molecule has 0 aliphatic rings. The lowest BCUT2D eigenvalue weighted by Crippen LogP contribution is -2.38. The van der Waals surface area contributed by atoms with E-state index in [1.54, 1.807) is 6.07 Å². The molecular formula is C9H19N3O2S. The number of likely N-dealkylation sites (N-methyl/N-ethyl adjacent to an activating group) is 1. The van der Waals surface area contributed by atoms with E-state index < -0.39 is 15.3 Å². The fraction of sp³-hybridized carbons (Fsp3) is 0.889. The number of hydrogen-bond donors (Lipinski definition) is 1. The molecule has 1 atom stereocenters. The zero-order chi connectivity index (χ0) is 11.9. The molecule has 1 N–H and O–H groups in total. The molecule has 0 saturated carbocycles. The van der Waals surface area contributed by atoms with Crippen LogP contribution in [0.25, 0.3) is 0 Å². The highest BCUT2D eigenvalue weighted by atomic mass is 32.2. The number of rotatable bonds is 7. The van der Waals surface area contributed by atoms with Crippen molar-refractivity contribution < 1.29 is 8.42 Å². The Morgan fingerprint density at radius 1 is 1.40 bits per heavy atom. The molecule has 1 unspecified atom stereocenters. The second-order valence-corrected chi connectivity index (χ2v) is 5.32. The van der Waals surface area contributed by atoms with Crippen LogP contribution in [-0.4, -0.2) is 44.7 Å². The van der Waals surface area contributed by atoms with Crippen LogP contribution in [0.4, 0.5) is 0 Å². The molecule has 0 aliphatic carbocycles. The highest BCUT2D eigenvalue weighted by Gasteiger charge is 2.19. The lowest BCUT2D eigenvalue weighted by Gasteiger charge is -2.18. The van der Waals surface area contributed by atoms with Crippen molar-refractivity contribution in [1.29, 1.82) is 5.26 Å². The third-order valence-electron chi connectivity index (χ3n) is 2.27. The molecule has 0 amide bonds. The van der Waals surface area contributed by atoms with Crippen LogP contribution in [-0.2, 0) is 10.0 Å². The second kappa shape index (κ2) is 6.77. The first-order chi connectivity index (χ1) is 6.97. The topological polar surface area (TPSA) is 73.2 Å². The van der Waals surface area contributed by atoms with E-state index in [9.17, 15) is 8.42 Å². The first-order valence-corrected chi connectivity index (χ1v) is 6.63. The van der Waals surface area contributed by atoms with Crippen LogP contribution >= 0.6 is 0 Å². The van der Waals surface area contributed by atoms with E-state index >= 15 is 0 Å². The smallest absolute Gasteiger partial charge is 0.227 e. The summed E-state index contributed by atoms with van der Waals surface area (Å²) in [5.74, 6) is 0. The van der Waals surface area contributed by atoms with Gasteiger partial charge in [-0.3, -0.25) is 0 Å². The van der Waals surface area contributed by atoms with Crippen LogP contribution in [0.2, 0.25) is 0 Å². The van der Waals surface area contributed by atoms with Gasteiger partial charge in [-0.25, -0.2) is 13.1 Å². The van der Waals surface area contributed by atoms with Gasteiger partial charge in [0.25, 0.3) is 0 Å². The van der Waals surface area contributed by atoms with Crippen LogP contribution < -0.4 is 4.72 Å². The van der Waals surface area contributed by atoms with Crippen LogP contribution in [0.15, 0.2) is 0 Å². The fourth-order valence-corrected chi connectivity index (χ4v) is 1.84. The minimum atomic E-state index is -3.46. The van der Waals surface area contributed by atoms with E-state index in [-0.39, 0.29) is 0 Å². The predicted molar refractivity (Wildman–Crippen MR) is 59.8 cm³/mol. The van der Waals surface area contributed by atoms with E-state index in [0.717, 1.165) is 13.1 Å². The van der Waals surface area contributed by atoms with Gasteiger partial charge in [-0.15, -0.1) is 0 Å². The summed E-state index contributed by atoms with van der Waals surface area (Å²) in [5, 5.41) is 7.50. The summed E-state index contributed by atoms with van der Waals surface area (Å²) in [6.45, 7) is 8.24. The highest BCUT2D eigenvalue weighted by Crippen LogP contribution is 1.95. The Kier molecular flexibility index (Phi) is 6.48. The van der Waals surface area contributed by atoms with Gasteiger partial charge in [-0.05, 0) is 20.0 Å². The van der Waals surface area contributed by atoms with Gasteiger partial charge in [0.1, 0.15) is 0 Å². The van der Waals surface area contributed by atoms with E-state index in [1.807, 2.05) is 13.8 Å². The molecular weight excluding hydrogens is 214 g/mol. The van der Waals surface area contributed by atoms with E-state index in [0.29, 0.717) is 13.1 Å². The number of nitrogens with zero attached hydrogens (tertiary/aromatic N) is 2. The first-order valence-electron chi connectivity index (χ1n) is 5.08. The number of hydrogen-bond acceptors (Lipinski definition) is 4. The molecule has 88 valence electrons. The van der Waals surface area contributed by atoms with Gasteiger partial charge in [0.2, 0.25) is 10.0 Å². The molecule has 0 aromatic heterocycles. The molecule has 0 aliphatic heterocycles. The lowest BCUT2D eigenvalue weighted by atomic mass is 10.5. The lowest BCUT2D eigenvalue weighted by molar-refractivity contribution is 0.309. The molecule has 0 aromatic carbocycles. The zero-order valence-corrected chi connectivity index (χ0v) is 10.3. The van der Waals surface area contributed by atoms with Crippen LogP contribution in [0.5, 0.6) is 0 Å². The molecule has 15 heavy (non-hydrogen) atoms. The van der Waals surface area contributed by atoms with Crippen molar-refractivity contribution in [3.05, 3.63) is 0 Å². The Morgan fingerprint density at radius 3 is 2.33 bits per heavy atom. The van der Waals surface area contributed by atoms with E-state index in [2.05, 4.69) is 9.62 Å². The summed E-state index contributed by atoms with van der Waals surface area (Å²) in [5.41, 5.74) is 0. The monoisotopic (exact) mass is 233 g/mol. The average Bonchev–Trinajstić information content (AvgIpc) is 2.23. The standard InChI is InChI=1S/C9H19N3O2S/c1-4-12(5-2)7-6-11-15(13,14)9(3)8-10/h9,11H,4-7H2,1-3H3. The maximum Gasteiger partial charge on any atom is 0.227 e. The summed E-state index contributed by atoms with van der Waals surface area (Å²) >= 11 is 0. The SMILES string of the molecule is CCN(CC)CCNS(=O)(=O)C(C)C#N. The van der Waals surface area contributed by atoms with Crippen LogP contribution in [0.3, 0.4) is 0 Å². The minimum absolute atomic E-state index is 0.357. The van der Waals surface area contributed by atoms with Crippen molar-refractivity contribution in [3.8, 4) is 6.07 Å². The van der Waals surface area contributed by atoms with Gasteiger partial charge in [0, 0.05) is 13.1 Å². The van der Waals surface area contributed by atoms with Crippen molar-refractivity contribution >= 4 is 10.0 Å². The molecule has 0 radical (unpaired) electrons. The maximum atomic E-state index is 11.4. The average molecular weight is 233 g/mol. The quantitative estimate of drug-likeness (QED) is 0.680. The van der Waals surface area contributed by atoms with Gasteiger partial charge in [-0.1, -0.05) is 13.8 Å². The summed E-state index contributed by atoms with van der Waals surface area (Å²) in [7, 11) is -3.46. The molecule has 6 heteroatoms. The summed E-state index contributed by atoms with van der Waals surface area (Å²) in [6.07, 6.45) is 0. The number of nitrogens with one attached hydrogen (secondary N) is 1. The first kappa shape index (κ1) is 14.4. The Morgan fingerprint density at radius 2 is 1.93 bits per heavy atom. The Hall–Kier alpha value is -0.640. The Bertz CT molecular complexity index is 304. The van der Waals surface area contributed by atoms with Gasteiger partial charge < -0.3 is 4.90 Å². The highest BCUT2D eigenvalue weighted by molar-refractivity contribution is 7.90. The zero-order valence-electron chi connectivity index (χ0n) is 9.52. The summed E-state index contributed by atoms with van der Waals surface area (Å²) in [4.78, 5) is 2.11.